The second-order valence-corrected chi connectivity index (χ2v) is 6.64. The van der Waals surface area contributed by atoms with E-state index in [2.05, 4.69) is 16.7 Å². The zero-order chi connectivity index (χ0) is 13.1. The van der Waals surface area contributed by atoms with Gasteiger partial charge in [0.15, 0.2) is 0 Å². The fraction of sp³-hybridized carbons (Fsp3) is 0.929. The molecule has 3 nitrogen and oxygen atoms in total. The summed E-state index contributed by atoms with van der Waals surface area (Å²) in [6, 6.07) is 1.10. The highest BCUT2D eigenvalue weighted by molar-refractivity contribution is 7.99. The van der Waals surface area contributed by atoms with Gasteiger partial charge in [-0.05, 0) is 52.0 Å². The fourth-order valence-electron chi connectivity index (χ4n) is 3.48. The lowest BCUT2D eigenvalue weighted by atomic mass is 10.0. The van der Waals surface area contributed by atoms with Crippen LogP contribution in [0.4, 0.5) is 0 Å². The number of thioether (sulfide) groups is 1. The van der Waals surface area contributed by atoms with Crippen LogP contribution in [0.25, 0.3) is 0 Å². The number of likely N-dealkylation sites (N-methyl/N-ethyl adjacent to an activating group) is 1. The summed E-state index contributed by atoms with van der Waals surface area (Å²) in [4.78, 5) is 17.2. The van der Waals surface area contributed by atoms with E-state index in [1.54, 1.807) is 11.8 Å². The van der Waals surface area contributed by atoms with Crippen molar-refractivity contribution in [3.63, 3.8) is 0 Å². The van der Waals surface area contributed by atoms with Gasteiger partial charge in [0, 0.05) is 18.6 Å². The molecule has 18 heavy (non-hydrogen) atoms. The van der Waals surface area contributed by atoms with Gasteiger partial charge in [-0.3, -0.25) is 9.69 Å². The highest BCUT2D eigenvalue weighted by atomic mass is 32.2. The minimum absolute atomic E-state index is 0.113. The van der Waals surface area contributed by atoms with Gasteiger partial charge in [0.25, 0.3) is 0 Å². The maximum Gasteiger partial charge on any atom is 0.235 e. The molecule has 104 valence electrons. The Hall–Kier alpha value is -0.220. The van der Waals surface area contributed by atoms with E-state index < -0.39 is 0 Å². The van der Waals surface area contributed by atoms with Crippen molar-refractivity contribution < 1.29 is 4.79 Å². The predicted octanol–water partition coefficient (Wildman–Crippen LogP) is 2.21. The number of amides is 1. The average Bonchev–Trinajstić information content (AvgIpc) is 3.03. The zero-order valence-corrected chi connectivity index (χ0v) is 12.7. The van der Waals surface area contributed by atoms with Crippen molar-refractivity contribution in [2.45, 2.75) is 56.9 Å². The first-order valence-electron chi connectivity index (χ1n) is 7.26. The van der Waals surface area contributed by atoms with Crippen LogP contribution in [-0.4, -0.2) is 58.9 Å². The van der Waals surface area contributed by atoms with Crippen molar-refractivity contribution in [1.82, 2.24) is 9.80 Å². The third-order valence-corrected chi connectivity index (χ3v) is 5.46. The molecule has 0 spiro atoms. The van der Waals surface area contributed by atoms with E-state index in [9.17, 15) is 4.79 Å². The monoisotopic (exact) mass is 270 g/mol. The maximum absolute atomic E-state index is 12.4. The van der Waals surface area contributed by atoms with Gasteiger partial charge >= 0.3 is 0 Å². The van der Waals surface area contributed by atoms with Gasteiger partial charge in [0.2, 0.25) is 5.91 Å². The highest BCUT2D eigenvalue weighted by Crippen LogP contribution is 2.31. The Bertz CT molecular complexity index is 298. The minimum Gasteiger partial charge on any atom is -0.337 e. The summed E-state index contributed by atoms with van der Waals surface area (Å²) in [6.07, 6.45) is 6.99. The van der Waals surface area contributed by atoms with E-state index in [0.29, 0.717) is 18.0 Å². The molecule has 1 amide bonds. The molecule has 0 aromatic rings. The Morgan fingerprint density at radius 3 is 2.61 bits per heavy atom. The number of nitrogens with zero attached hydrogens (tertiary/aromatic N) is 2. The van der Waals surface area contributed by atoms with Crippen molar-refractivity contribution >= 4 is 17.7 Å². The first-order chi connectivity index (χ1) is 8.69. The molecule has 0 aliphatic carbocycles. The minimum atomic E-state index is 0.113. The second kappa shape index (κ2) is 6.29. The zero-order valence-electron chi connectivity index (χ0n) is 11.9. The van der Waals surface area contributed by atoms with E-state index in [-0.39, 0.29) is 5.25 Å². The lowest BCUT2D eigenvalue weighted by Gasteiger charge is -2.35. The summed E-state index contributed by atoms with van der Waals surface area (Å²) in [5.41, 5.74) is 0. The quantitative estimate of drug-likeness (QED) is 0.782. The summed E-state index contributed by atoms with van der Waals surface area (Å²) < 4.78 is 0. The van der Waals surface area contributed by atoms with Crippen LogP contribution in [0.15, 0.2) is 0 Å². The fourth-order valence-corrected chi connectivity index (χ4v) is 3.82. The largest absolute Gasteiger partial charge is 0.337 e. The molecular formula is C14H26N2OS. The lowest BCUT2D eigenvalue weighted by molar-refractivity contribution is -0.132. The number of hydrogen-bond acceptors (Lipinski definition) is 3. The highest BCUT2D eigenvalue weighted by Gasteiger charge is 2.39. The average molecular weight is 270 g/mol. The Kier molecular flexibility index (Phi) is 4.96. The van der Waals surface area contributed by atoms with Crippen LogP contribution in [0.2, 0.25) is 0 Å². The van der Waals surface area contributed by atoms with Crippen molar-refractivity contribution in [1.29, 1.82) is 0 Å². The van der Waals surface area contributed by atoms with Crippen molar-refractivity contribution in [2.75, 3.05) is 25.9 Å². The number of carbonyl (C=O) groups is 1. The molecule has 0 saturated carbocycles. The normalized spacial score (nSPS) is 30.9. The first-order valence-corrected chi connectivity index (χ1v) is 8.55. The van der Waals surface area contributed by atoms with Crippen LogP contribution in [0, 0.1) is 0 Å². The van der Waals surface area contributed by atoms with Crippen LogP contribution < -0.4 is 0 Å². The van der Waals surface area contributed by atoms with Gasteiger partial charge in [0.1, 0.15) is 0 Å². The van der Waals surface area contributed by atoms with E-state index in [1.807, 2.05) is 13.2 Å². The number of likely N-dealkylation sites (tertiary alicyclic amines) is 2. The van der Waals surface area contributed by atoms with Crippen molar-refractivity contribution in [2.24, 2.45) is 0 Å². The van der Waals surface area contributed by atoms with Gasteiger partial charge in [-0.15, -0.1) is 0 Å². The molecule has 0 aromatic heterocycles. The molecule has 0 radical (unpaired) electrons. The van der Waals surface area contributed by atoms with Crippen molar-refractivity contribution in [3.8, 4) is 0 Å². The molecule has 2 saturated heterocycles. The Morgan fingerprint density at radius 1 is 1.28 bits per heavy atom. The molecular weight excluding hydrogens is 244 g/mol. The van der Waals surface area contributed by atoms with Gasteiger partial charge in [-0.1, -0.05) is 6.92 Å². The lowest BCUT2D eigenvalue weighted by Crippen LogP contribution is -2.50. The SMILES string of the molecule is CCN1CCC[C@@H]1[C@@H]1CCCN1C(=O)[C@H](C)SC. The number of rotatable bonds is 4. The van der Waals surface area contributed by atoms with Crippen LogP contribution in [0.3, 0.4) is 0 Å². The summed E-state index contributed by atoms with van der Waals surface area (Å²) >= 11 is 1.67. The first kappa shape index (κ1) is 14.2. The second-order valence-electron chi connectivity index (χ2n) is 5.46. The molecule has 0 aromatic carbocycles. The van der Waals surface area contributed by atoms with Crippen LogP contribution in [0.5, 0.6) is 0 Å². The van der Waals surface area contributed by atoms with Crippen LogP contribution >= 0.6 is 11.8 Å². The Morgan fingerprint density at radius 2 is 1.94 bits per heavy atom. The predicted molar refractivity (Wildman–Crippen MR) is 78.0 cm³/mol. The maximum atomic E-state index is 12.4. The van der Waals surface area contributed by atoms with Gasteiger partial charge in [-0.2, -0.15) is 11.8 Å². The van der Waals surface area contributed by atoms with E-state index in [0.717, 1.165) is 13.1 Å². The Balaban J connectivity index is 2.05. The van der Waals surface area contributed by atoms with Crippen LogP contribution in [-0.2, 0) is 4.79 Å². The molecule has 2 heterocycles. The summed E-state index contributed by atoms with van der Waals surface area (Å²) in [5, 5.41) is 0.113. The summed E-state index contributed by atoms with van der Waals surface area (Å²) in [6.45, 7) is 7.60. The van der Waals surface area contributed by atoms with E-state index in [1.165, 1.54) is 32.2 Å². The number of carbonyl (C=O) groups excluding carboxylic acids is 1. The molecule has 2 fully saturated rings. The van der Waals surface area contributed by atoms with E-state index >= 15 is 0 Å². The summed E-state index contributed by atoms with van der Waals surface area (Å²) in [7, 11) is 0. The smallest absolute Gasteiger partial charge is 0.235 e. The summed E-state index contributed by atoms with van der Waals surface area (Å²) in [5.74, 6) is 0.355. The standard InChI is InChI=1S/C14H26N2OS/c1-4-15-9-5-7-12(15)13-8-6-10-16(13)14(17)11(2)18-3/h11-13H,4-10H2,1-3H3/t11-,12+,13-/m0/s1. The molecule has 2 aliphatic heterocycles. The molecule has 4 heteroatoms. The van der Waals surface area contributed by atoms with Crippen LogP contribution in [0.1, 0.15) is 39.5 Å². The third-order valence-electron chi connectivity index (χ3n) is 4.55. The molecule has 2 rings (SSSR count). The topological polar surface area (TPSA) is 23.6 Å². The van der Waals surface area contributed by atoms with E-state index in [4.69, 9.17) is 0 Å². The van der Waals surface area contributed by atoms with Gasteiger partial charge in [-0.25, -0.2) is 0 Å². The molecule has 3 atom stereocenters. The van der Waals surface area contributed by atoms with Gasteiger partial charge in [0.05, 0.1) is 5.25 Å². The molecule has 2 aliphatic rings. The number of hydrogen-bond donors (Lipinski definition) is 0. The molecule has 0 N–H and O–H groups in total. The Labute approximate surface area is 115 Å². The molecule has 0 bridgehead atoms. The van der Waals surface area contributed by atoms with Gasteiger partial charge < -0.3 is 4.90 Å². The third kappa shape index (κ3) is 2.69. The van der Waals surface area contributed by atoms with Crippen molar-refractivity contribution in [3.05, 3.63) is 0 Å². The molecule has 0 unspecified atom stereocenters.